The maximum Gasteiger partial charge on any atom is 0.234 e. The second-order valence-electron chi connectivity index (χ2n) is 5.89. The minimum Gasteiger partial charge on any atom is -0.302 e. The standard InChI is InChI=1S/C22H10N2O2/c1-24-20-11-19(15-7-3-5-9-17(15)22(20)26)18-10-13(12-23)21(25)16-8-4-2-6-14(16)18/h2-11H/b19-18-. The van der Waals surface area contributed by atoms with Crippen LogP contribution in [0.1, 0.15) is 31.8 Å². The number of hydrogen-bond donors (Lipinski definition) is 0. The zero-order chi connectivity index (χ0) is 18.3. The molecule has 0 N–H and O–H groups in total. The van der Waals surface area contributed by atoms with E-state index in [1.165, 1.54) is 0 Å². The Hall–Kier alpha value is -4.02. The normalized spacial score (nSPS) is 18.1. The number of nitriles is 1. The van der Waals surface area contributed by atoms with E-state index in [1.807, 2.05) is 30.3 Å². The fraction of sp³-hybridized carbons (Fsp3) is 0. The molecule has 0 saturated heterocycles. The van der Waals surface area contributed by atoms with Gasteiger partial charge in [-0.2, -0.15) is 5.26 Å². The van der Waals surface area contributed by atoms with Crippen molar-refractivity contribution in [3.8, 4) is 6.07 Å². The summed E-state index contributed by atoms with van der Waals surface area (Å²) in [4.78, 5) is 28.3. The van der Waals surface area contributed by atoms with E-state index in [2.05, 4.69) is 4.85 Å². The van der Waals surface area contributed by atoms with Crippen molar-refractivity contribution in [1.29, 1.82) is 5.26 Å². The minimum atomic E-state index is -0.318. The van der Waals surface area contributed by atoms with Crippen LogP contribution in [0.25, 0.3) is 16.0 Å². The second kappa shape index (κ2) is 5.81. The van der Waals surface area contributed by atoms with Gasteiger partial charge in [0.05, 0.1) is 6.57 Å². The van der Waals surface area contributed by atoms with E-state index >= 15 is 0 Å². The number of carbonyl (C=O) groups is 2. The van der Waals surface area contributed by atoms with Gasteiger partial charge >= 0.3 is 0 Å². The van der Waals surface area contributed by atoms with Gasteiger partial charge in [-0.05, 0) is 34.4 Å². The van der Waals surface area contributed by atoms with Gasteiger partial charge in [-0.3, -0.25) is 4.79 Å². The van der Waals surface area contributed by atoms with Crippen LogP contribution in [0.4, 0.5) is 0 Å². The summed E-state index contributed by atoms with van der Waals surface area (Å²) < 4.78 is 0. The number of Topliss-reactive ketones (excluding diaryl/α,β-unsaturated/α-hetero) is 2. The molecule has 26 heavy (non-hydrogen) atoms. The highest BCUT2D eigenvalue weighted by Gasteiger charge is 2.29. The predicted octanol–water partition coefficient (Wildman–Crippen LogP) is 4.24. The fourth-order valence-corrected chi connectivity index (χ4v) is 3.29. The SMILES string of the molecule is [C-]#[N+]C1=C/C(=C2\C=C(C#N)C(=O)c3ccccc32)c2ccccc2C1=O. The smallest absolute Gasteiger partial charge is 0.234 e. The van der Waals surface area contributed by atoms with Gasteiger partial charge in [0.1, 0.15) is 11.6 Å². The van der Waals surface area contributed by atoms with E-state index in [0.29, 0.717) is 33.4 Å². The van der Waals surface area contributed by atoms with Gasteiger partial charge in [0.25, 0.3) is 0 Å². The third-order valence-electron chi connectivity index (χ3n) is 4.50. The Kier molecular flexibility index (Phi) is 3.46. The van der Waals surface area contributed by atoms with Crippen LogP contribution >= 0.6 is 0 Å². The summed E-state index contributed by atoms with van der Waals surface area (Å²) in [5.74, 6) is -0.633. The summed E-state index contributed by atoms with van der Waals surface area (Å²) in [5, 5.41) is 9.36. The van der Waals surface area contributed by atoms with Crippen LogP contribution in [0, 0.1) is 17.9 Å². The Morgan fingerprint density at radius 1 is 0.769 bits per heavy atom. The third-order valence-corrected chi connectivity index (χ3v) is 4.50. The van der Waals surface area contributed by atoms with Gasteiger partial charge in [0.15, 0.2) is 5.78 Å². The summed E-state index contributed by atoms with van der Waals surface area (Å²) >= 11 is 0. The molecule has 0 unspecified atom stereocenters. The van der Waals surface area contributed by atoms with E-state index in [1.54, 1.807) is 36.4 Å². The number of allylic oxidation sites excluding steroid dienone is 6. The van der Waals surface area contributed by atoms with Gasteiger partial charge in [-0.15, -0.1) is 0 Å². The lowest BCUT2D eigenvalue weighted by molar-refractivity contribution is 0.102. The molecule has 2 aromatic carbocycles. The average Bonchev–Trinajstić information content (AvgIpc) is 2.69. The largest absolute Gasteiger partial charge is 0.302 e. The maximum atomic E-state index is 12.5. The van der Waals surface area contributed by atoms with Crippen LogP contribution in [0.2, 0.25) is 0 Å². The average molecular weight is 334 g/mol. The first-order chi connectivity index (χ1) is 12.7. The molecule has 0 amide bonds. The zero-order valence-electron chi connectivity index (χ0n) is 13.5. The van der Waals surface area contributed by atoms with Crippen LogP contribution in [0.5, 0.6) is 0 Å². The molecule has 2 aliphatic rings. The minimum absolute atomic E-state index is 0.0208. The Labute approximate surface area is 149 Å². The number of carbonyl (C=O) groups excluding carboxylic acids is 2. The van der Waals surface area contributed by atoms with E-state index in [9.17, 15) is 14.9 Å². The lowest BCUT2D eigenvalue weighted by Gasteiger charge is -2.22. The monoisotopic (exact) mass is 334 g/mol. The molecule has 0 saturated carbocycles. The van der Waals surface area contributed by atoms with E-state index in [-0.39, 0.29) is 22.8 Å². The molecule has 4 rings (SSSR count). The van der Waals surface area contributed by atoms with Gasteiger partial charge in [-0.25, -0.2) is 4.85 Å². The Bertz CT molecular complexity index is 1090. The molecular weight excluding hydrogens is 324 g/mol. The highest BCUT2D eigenvalue weighted by atomic mass is 16.1. The summed E-state index contributed by atoms with van der Waals surface area (Å²) in [5.41, 5.74) is 3.67. The lowest BCUT2D eigenvalue weighted by atomic mass is 9.80. The third kappa shape index (κ3) is 2.14. The number of fused-ring (bicyclic) bond motifs is 2. The van der Waals surface area contributed by atoms with Crippen molar-refractivity contribution in [1.82, 2.24) is 0 Å². The van der Waals surface area contributed by atoms with Crippen molar-refractivity contribution in [2.45, 2.75) is 0 Å². The molecule has 2 aliphatic carbocycles. The Balaban J connectivity index is 2.13. The maximum absolute atomic E-state index is 12.5. The molecule has 0 aliphatic heterocycles. The first-order valence-corrected chi connectivity index (χ1v) is 7.89. The number of nitrogens with zero attached hydrogens (tertiary/aromatic N) is 2. The molecule has 0 atom stereocenters. The van der Waals surface area contributed by atoms with Crippen LogP contribution in [-0.4, -0.2) is 11.6 Å². The van der Waals surface area contributed by atoms with Crippen molar-refractivity contribution >= 4 is 22.7 Å². The highest BCUT2D eigenvalue weighted by Crippen LogP contribution is 2.39. The summed E-state index contributed by atoms with van der Waals surface area (Å²) in [6.45, 7) is 7.32. The van der Waals surface area contributed by atoms with Crippen molar-refractivity contribution in [2.24, 2.45) is 0 Å². The topological polar surface area (TPSA) is 62.3 Å². The van der Waals surface area contributed by atoms with Gasteiger partial charge in [-0.1, -0.05) is 48.5 Å². The fourth-order valence-electron chi connectivity index (χ4n) is 3.29. The van der Waals surface area contributed by atoms with Crippen molar-refractivity contribution in [3.05, 3.63) is 106 Å². The molecule has 0 spiro atoms. The van der Waals surface area contributed by atoms with Gasteiger partial charge in [0.2, 0.25) is 11.5 Å². The predicted molar refractivity (Wildman–Crippen MR) is 96.7 cm³/mol. The molecule has 0 bridgehead atoms. The highest BCUT2D eigenvalue weighted by molar-refractivity contribution is 6.24. The zero-order valence-corrected chi connectivity index (χ0v) is 13.5. The molecule has 120 valence electrons. The number of benzene rings is 2. The number of ketones is 2. The summed E-state index contributed by atoms with van der Waals surface area (Å²) in [6.07, 6.45) is 3.09. The van der Waals surface area contributed by atoms with Gasteiger partial charge in [0, 0.05) is 11.1 Å². The number of hydrogen-bond acceptors (Lipinski definition) is 3. The van der Waals surface area contributed by atoms with Crippen LogP contribution < -0.4 is 0 Å². The van der Waals surface area contributed by atoms with Crippen molar-refractivity contribution in [3.63, 3.8) is 0 Å². The van der Waals surface area contributed by atoms with E-state index in [0.717, 1.165) is 0 Å². The van der Waals surface area contributed by atoms with Crippen molar-refractivity contribution in [2.75, 3.05) is 0 Å². The quantitative estimate of drug-likeness (QED) is 0.677. The van der Waals surface area contributed by atoms with Crippen LogP contribution in [0.3, 0.4) is 0 Å². The van der Waals surface area contributed by atoms with E-state index < -0.39 is 0 Å². The Morgan fingerprint density at radius 3 is 1.81 bits per heavy atom. The molecular formula is C22H10N2O2. The summed E-state index contributed by atoms with van der Waals surface area (Å²) in [7, 11) is 0. The molecule has 0 fully saturated rings. The summed E-state index contributed by atoms with van der Waals surface area (Å²) in [6, 6.07) is 16.1. The molecule has 0 radical (unpaired) electrons. The van der Waals surface area contributed by atoms with Crippen LogP contribution in [0.15, 0.2) is 72.0 Å². The second-order valence-corrected chi connectivity index (χ2v) is 5.89. The van der Waals surface area contributed by atoms with Crippen LogP contribution in [-0.2, 0) is 0 Å². The first-order valence-electron chi connectivity index (χ1n) is 7.89. The molecule has 0 heterocycles. The van der Waals surface area contributed by atoms with Gasteiger partial charge < -0.3 is 4.79 Å². The number of rotatable bonds is 0. The van der Waals surface area contributed by atoms with Crippen molar-refractivity contribution < 1.29 is 9.59 Å². The molecule has 2 aromatic rings. The molecule has 0 aromatic heterocycles. The lowest BCUT2D eigenvalue weighted by Crippen LogP contribution is -2.14. The molecule has 4 nitrogen and oxygen atoms in total. The molecule has 4 heteroatoms. The first kappa shape index (κ1) is 15.5. The van der Waals surface area contributed by atoms with E-state index in [4.69, 9.17) is 6.57 Å². The Morgan fingerprint density at radius 2 is 1.27 bits per heavy atom.